The number of hydrogen-bond donors (Lipinski definition) is 2. The molecule has 2 heteroatoms. The molecule has 0 heterocycles. The van der Waals surface area contributed by atoms with E-state index in [1.807, 2.05) is 0 Å². The highest BCUT2D eigenvalue weighted by molar-refractivity contribution is 5.12. The van der Waals surface area contributed by atoms with Crippen LogP contribution in [0.25, 0.3) is 0 Å². The summed E-state index contributed by atoms with van der Waals surface area (Å²) in [5.74, 6) is 0.851. The Balaban J connectivity index is 1.96. The molecule has 1 fully saturated rings. The van der Waals surface area contributed by atoms with Crippen LogP contribution in [-0.2, 0) is 0 Å². The Kier molecular flexibility index (Phi) is 5.03. The van der Waals surface area contributed by atoms with Crippen molar-refractivity contribution in [3.63, 3.8) is 0 Å². The van der Waals surface area contributed by atoms with Crippen LogP contribution in [0.3, 0.4) is 0 Å². The van der Waals surface area contributed by atoms with Crippen LogP contribution in [0.15, 0.2) is 0 Å². The van der Waals surface area contributed by atoms with Crippen molar-refractivity contribution < 1.29 is 0 Å². The molecule has 0 bridgehead atoms. The second-order valence-electron chi connectivity index (χ2n) is 7.02. The Morgan fingerprint density at radius 1 is 0.941 bits per heavy atom. The summed E-state index contributed by atoms with van der Waals surface area (Å²) >= 11 is 0. The lowest BCUT2D eigenvalue weighted by molar-refractivity contribution is 0.457. The minimum atomic E-state index is 0.527. The summed E-state index contributed by atoms with van der Waals surface area (Å²) in [5.41, 5.74) is 1.05. The molecular formula is C15H32N2. The van der Waals surface area contributed by atoms with Gasteiger partial charge in [-0.25, -0.2) is 0 Å². The summed E-state index contributed by atoms with van der Waals surface area (Å²) in [7, 11) is 0. The van der Waals surface area contributed by atoms with Gasteiger partial charge in [0.2, 0.25) is 0 Å². The quantitative estimate of drug-likeness (QED) is 0.637. The fourth-order valence-corrected chi connectivity index (χ4v) is 2.86. The van der Waals surface area contributed by atoms with Gasteiger partial charge in [0.25, 0.3) is 0 Å². The molecule has 1 aliphatic carbocycles. The van der Waals surface area contributed by atoms with Gasteiger partial charge in [0.15, 0.2) is 0 Å². The van der Waals surface area contributed by atoms with Gasteiger partial charge in [-0.1, -0.05) is 41.5 Å². The summed E-state index contributed by atoms with van der Waals surface area (Å²) in [5, 5.41) is 7.07. The van der Waals surface area contributed by atoms with Crippen LogP contribution < -0.4 is 10.6 Å². The Bertz CT molecular complexity index is 217. The van der Waals surface area contributed by atoms with Crippen molar-refractivity contribution >= 4 is 0 Å². The van der Waals surface area contributed by atoms with Crippen molar-refractivity contribution in [1.82, 2.24) is 10.6 Å². The molecule has 0 aromatic carbocycles. The van der Waals surface area contributed by atoms with Gasteiger partial charge in [0, 0.05) is 6.04 Å². The highest BCUT2D eigenvalue weighted by Gasteiger charge is 2.63. The number of hydrogen-bond acceptors (Lipinski definition) is 2. The van der Waals surface area contributed by atoms with Gasteiger partial charge in [0.05, 0.1) is 0 Å². The summed E-state index contributed by atoms with van der Waals surface area (Å²) in [6.45, 7) is 17.5. The van der Waals surface area contributed by atoms with Crippen LogP contribution in [-0.4, -0.2) is 25.7 Å². The lowest BCUT2D eigenvalue weighted by Gasteiger charge is -2.08. The van der Waals surface area contributed by atoms with Gasteiger partial charge in [-0.3, -0.25) is 0 Å². The van der Waals surface area contributed by atoms with Crippen LogP contribution in [0.4, 0.5) is 0 Å². The average molecular weight is 240 g/mol. The van der Waals surface area contributed by atoms with E-state index in [0.717, 1.165) is 12.5 Å². The Hall–Kier alpha value is -0.0800. The molecule has 2 N–H and O–H groups in total. The standard InChI is InChI=1S/C15H32N2/c1-12(2)17-10-8-7-9-16-11-13-14(3,4)15(13,5)6/h12-13,16-17H,7-11H2,1-6H3. The molecule has 1 saturated carbocycles. The second kappa shape index (κ2) is 5.71. The molecule has 0 atom stereocenters. The Morgan fingerprint density at radius 3 is 1.94 bits per heavy atom. The van der Waals surface area contributed by atoms with E-state index < -0.39 is 0 Å². The van der Waals surface area contributed by atoms with E-state index in [1.54, 1.807) is 0 Å². The molecular weight excluding hydrogens is 208 g/mol. The van der Waals surface area contributed by atoms with Gasteiger partial charge in [-0.15, -0.1) is 0 Å². The maximum atomic E-state index is 3.62. The highest BCUT2D eigenvalue weighted by atomic mass is 14.9. The van der Waals surface area contributed by atoms with Crippen molar-refractivity contribution in [2.24, 2.45) is 16.7 Å². The number of unbranched alkanes of at least 4 members (excludes halogenated alkanes) is 1. The molecule has 0 amide bonds. The molecule has 0 aromatic rings. The molecule has 102 valence electrons. The predicted octanol–water partition coefficient (Wildman–Crippen LogP) is 3.04. The first-order valence-electron chi connectivity index (χ1n) is 7.24. The monoisotopic (exact) mass is 240 g/mol. The smallest absolute Gasteiger partial charge is 0.00103 e. The number of nitrogens with one attached hydrogen (secondary N) is 2. The largest absolute Gasteiger partial charge is 0.316 e. The molecule has 0 aliphatic heterocycles. The maximum absolute atomic E-state index is 3.62. The Labute approximate surface area is 108 Å². The first-order valence-corrected chi connectivity index (χ1v) is 7.24. The average Bonchev–Trinajstić information content (AvgIpc) is 2.57. The normalized spacial score (nSPS) is 22.1. The number of rotatable bonds is 8. The molecule has 1 rings (SSSR count). The van der Waals surface area contributed by atoms with E-state index in [-0.39, 0.29) is 0 Å². The van der Waals surface area contributed by atoms with Gasteiger partial charge in [-0.05, 0) is 49.2 Å². The first-order chi connectivity index (χ1) is 7.80. The minimum Gasteiger partial charge on any atom is -0.316 e. The Morgan fingerprint density at radius 2 is 1.47 bits per heavy atom. The van der Waals surface area contributed by atoms with E-state index in [9.17, 15) is 0 Å². The van der Waals surface area contributed by atoms with Gasteiger partial charge < -0.3 is 10.6 Å². The minimum absolute atomic E-state index is 0.527. The molecule has 1 aliphatic rings. The lowest BCUT2D eigenvalue weighted by Crippen LogP contribution is -2.25. The van der Waals surface area contributed by atoms with Crippen LogP contribution in [0.2, 0.25) is 0 Å². The van der Waals surface area contributed by atoms with Gasteiger partial charge in [0.1, 0.15) is 0 Å². The molecule has 0 spiro atoms. The fraction of sp³-hybridized carbons (Fsp3) is 1.00. The third-order valence-electron chi connectivity index (χ3n) is 5.00. The van der Waals surface area contributed by atoms with Crippen molar-refractivity contribution in [3.8, 4) is 0 Å². The van der Waals surface area contributed by atoms with Crippen molar-refractivity contribution in [2.75, 3.05) is 19.6 Å². The zero-order chi connectivity index (χ0) is 13.1. The highest BCUT2D eigenvalue weighted by Crippen LogP contribution is 2.67. The third-order valence-corrected chi connectivity index (χ3v) is 5.00. The van der Waals surface area contributed by atoms with Crippen LogP contribution in [0.1, 0.15) is 54.4 Å². The molecule has 0 aromatic heterocycles. The topological polar surface area (TPSA) is 24.1 Å². The second-order valence-corrected chi connectivity index (χ2v) is 7.02. The molecule has 17 heavy (non-hydrogen) atoms. The van der Waals surface area contributed by atoms with Crippen LogP contribution in [0, 0.1) is 16.7 Å². The first kappa shape index (κ1) is 15.0. The molecule has 0 saturated heterocycles. The molecule has 0 radical (unpaired) electrons. The van der Waals surface area contributed by atoms with E-state index in [1.165, 1.54) is 25.9 Å². The SMILES string of the molecule is CC(C)NCCCCNCC1C(C)(C)C1(C)C. The van der Waals surface area contributed by atoms with Gasteiger partial charge in [-0.2, -0.15) is 0 Å². The zero-order valence-corrected chi connectivity index (χ0v) is 12.7. The molecule has 0 unspecified atom stereocenters. The van der Waals surface area contributed by atoms with E-state index in [4.69, 9.17) is 0 Å². The van der Waals surface area contributed by atoms with Gasteiger partial charge >= 0.3 is 0 Å². The third kappa shape index (κ3) is 3.69. The summed E-state index contributed by atoms with van der Waals surface area (Å²) < 4.78 is 0. The summed E-state index contributed by atoms with van der Waals surface area (Å²) in [6.07, 6.45) is 2.57. The van der Waals surface area contributed by atoms with Crippen LogP contribution in [0.5, 0.6) is 0 Å². The fourth-order valence-electron chi connectivity index (χ4n) is 2.86. The van der Waals surface area contributed by atoms with Crippen molar-refractivity contribution in [1.29, 1.82) is 0 Å². The van der Waals surface area contributed by atoms with Crippen molar-refractivity contribution in [3.05, 3.63) is 0 Å². The lowest BCUT2D eigenvalue weighted by atomic mass is 10.0. The summed E-state index contributed by atoms with van der Waals surface area (Å²) in [4.78, 5) is 0. The van der Waals surface area contributed by atoms with Crippen molar-refractivity contribution in [2.45, 2.75) is 60.4 Å². The van der Waals surface area contributed by atoms with E-state index in [0.29, 0.717) is 16.9 Å². The molecule has 2 nitrogen and oxygen atoms in total. The van der Waals surface area contributed by atoms with E-state index >= 15 is 0 Å². The van der Waals surface area contributed by atoms with Crippen LogP contribution >= 0.6 is 0 Å². The zero-order valence-electron chi connectivity index (χ0n) is 12.7. The maximum Gasteiger partial charge on any atom is 0.00103 e. The summed E-state index contributed by atoms with van der Waals surface area (Å²) in [6, 6.07) is 0.621. The van der Waals surface area contributed by atoms with E-state index in [2.05, 4.69) is 52.2 Å². The predicted molar refractivity (Wildman–Crippen MR) is 76.3 cm³/mol.